The molecule has 0 aliphatic heterocycles. The number of rotatable bonds is 2. The summed E-state index contributed by atoms with van der Waals surface area (Å²) in [6.07, 6.45) is 2.58. The summed E-state index contributed by atoms with van der Waals surface area (Å²) in [7, 11) is 0. The number of aromatic nitrogens is 2. The predicted molar refractivity (Wildman–Crippen MR) is 81.0 cm³/mol. The van der Waals surface area contributed by atoms with Crippen LogP contribution in [0.1, 0.15) is 44.1 Å². The first-order chi connectivity index (χ1) is 9.59. The predicted octanol–water partition coefficient (Wildman–Crippen LogP) is 3.22. The van der Waals surface area contributed by atoms with Crippen molar-refractivity contribution in [3.8, 4) is 11.3 Å². The van der Waals surface area contributed by atoms with E-state index in [0.29, 0.717) is 0 Å². The van der Waals surface area contributed by atoms with Gasteiger partial charge in [0.05, 0.1) is 5.69 Å². The summed E-state index contributed by atoms with van der Waals surface area (Å²) in [5, 5.41) is 0. The Balaban J connectivity index is 2.38. The molecule has 104 valence electrons. The topological polar surface area (TPSA) is 45.8 Å². The molecule has 1 aromatic heterocycles. The summed E-state index contributed by atoms with van der Waals surface area (Å²) in [5.74, 6) is 0.768. The van der Waals surface area contributed by atoms with E-state index in [4.69, 9.17) is 4.98 Å². The van der Waals surface area contributed by atoms with Gasteiger partial charge in [-0.2, -0.15) is 0 Å². The van der Waals surface area contributed by atoms with Gasteiger partial charge < -0.3 is 4.98 Å². The molecule has 0 saturated carbocycles. The van der Waals surface area contributed by atoms with Gasteiger partial charge in [0.2, 0.25) is 0 Å². The van der Waals surface area contributed by atoms with Gasteiger partial charge in [-0.25, -0.2) is 4.98 Å². The first kappa shape index (κ1) is 13.1. The van der Waals surface area contributed by atoms with Crippen LogP contribution in [0, 0.1) is 0 Å². The zero-order chi connectivity index (χ0) is 14.3. The van der Waals surface area contributed by atoms with Gasteiger partial charge in [0.15, 0.2) is 0 Å². The van der Waals surface area contributed by atoms with Crippen molar-refractivity contribution in [2.45, 2.75) is 45.4 Å². The van der Waals surface area contributed by atoms with Gasteiger partial charge in [-0.05, 0) is 18.4 Å². The normalized spacial score (nSPS) is 20.4. The third-order valence-electron chi connectivity index (χ3n) is 4.54. The van der Waals surface area contributed by atoms with E-state index in [9.17, 15) is 4.79 Å². The molecule has 0 amide bonds. The molecule has 1 aliphatic carbocycles. The van der Waals surface area contributed by atoms with Crippen LogP contribution in [0.5, 0.6) is 0 Å². The summed E-state index contributed by atoms with van der Waals surface area (Å²) in [6, 6.07) is 8.31. The molecular weight excluding hydrogens is 248 g/mol. The van der Waals surface area contributed by atoms with Crippen LogP contribution in [0.15, 0.2) is 29.1 Å². The van der Waals surface area contributed by atoms with Crippen LogP contribution in [0.25, 0.3) is 11.3 Å². The van der Waals surface area contributed by atoms with E-state index in [1.807, 2.05) is 13.0 Å². The molecule has 0 fully saturated rings. The minimum Gasteiger partial charge on any atom is -0.310 e. The van der Waals surface area contributed by atoms with E-state index < -0.39 is 0 Å². The fourth-order valence-electron chi connectivity index (χ4n) is 3.16. The molecule has 0 saturated heterocycles. The van der Waals surface area contributed by atoms with Crippen LogP contribution in [0.4, 0.5) is 0 Å². The Kier molecular flexibility index (Phi) is 3.00. The highest BCUT2D eigenvalue weighted by Crippen LogP contribution is 2.41. The first-order valence-corrected chi connectivity index (χ1v) is 7.31. The fraction of sp³-hybridized carbons (Fsp3) is 0.412. The van der Waals surface area contributed by atoms with Crippen LogP contribution in [0.3, 0.4) is 0 Å². The van der Waals surface area contributed by atoms with Crippen molar-refractivity contribution < 1.29 is 0 Å². The summed E-state index contributed by atoms with van der Waals surface area (Å²) in [4.78, 5) is 20.2. The van der Waals surface area contributed by atoms with Crippen molar-refractivity contribution in [2.75, 3.05) is 0 Å². The monoisotopic (exact) mass is 268 g/mol. The number of benzene rings is 1. The third-order valence-corrected chi connectivity index (χ3v) is 4.54. The molecule has 3 heteroatoms. The van der Waals surface area contributed by atoms with Crippen LogP contribution in [0.2, 0.25) is 0 Å². The van der Waals surface area contributed by atoms with Crippen LogP contribution < -0.4 is 5.56 Å². The minimum absolute atomic E-state index is 0.0331. The fourth-order valence-corrected chi connectivity index (χ4v) is 3.16. The summed E-state index contributed by atoms with van der Waals surface area (Å²) in [5.41, 5.74) is 4.06. The SMILES string of the molecule is CCc1nc2c(c(=O)[nH]1)C(C)(CC)Cc1ccccc1-2. The smallest absolute Gasteiger partial charge is 0.255 e. The molecule has 0 bridgehead atoms. The number of aromatic amines is 1. The maximum absolute atomic E-state index is 12.5. The van der Waals surface area contributed by atoms with Gasteiger partial charge in [0.25, 0.3) is 5.56 Å². The van der Waals surface area contributed by atoms with E-state index in [-0.39, 0.29) is 11.0 Å². The van der Waals surface area contributed by atoms with Crippen molar-refractivity contribution >= 4 is 0 Å². The van der Waals surface area contributed by atoms with Crippen molar-refractivity contribution in [3.63, 3.8) is 0 Å². The second-order valence-electron chi connectivity index (χ2n) is 5.84. The van der Waals surface area contributed by atoms with Gasteiger partial charge >= 0.3 is 0 Å². The van der Waals surface area contributed by atoms with Crippen molar-refractivity contribution in [1.29, 1.82) is 0 Å². The number of hydrogen-bond acceptors (Lipinski definition) is 2. The lowest BCUT2D eigenvalue weighted by Crippen LogP contribution is -2.36. The number of nitrogens with zero attached hydrogens (tertiary/aromatic N) is 1. The van der Waals surface area contributed by atoms with Crippen LogP contribution in [-0.2, 0) is 18.3 Å². The van der Waals surface area contributed by atoms with Gasteiger partial charge in [0.1, 0.15) is 5.82 Å². The van der Waals surface area contributed by atoms with Gasteiger partial charge in [0, 0.05) is 23.0 Å². The van der Waals surface area contributed by atoms with Crippen molar-refractivity contribution in [2.24, 2.45) is 0 Å². The number of hydrogen-bond donors (Lipinski definition) is 1. The number of H-pyrrole nitrogens is 1. The number of nitrogens with one attached hydrogen (secondary N) is 1. The molecule has 3 nitrogen and oxygen atoms in total. The Morgan fingerprint density at radius 2 is 2.05 bits per heavy atom. The lowest BCUT2D eigenvalue weighted by atomic mass is 9.69. The minimum atomic E-state index is -0.128. The Morgan fingerprint density at radius 3 is 2.75 bits per heavy atom. The second kappa shape index (κ2) is 4.58. The van der Waals surface area contributed by atoms with E-state index in [2.05, 4.69) is 37.0 Å². The maximum Gasteiger partial charge on any atom is 0.255 e. The largest absolute Gasteiger partial charge is 0.310 e. The number of fused-ring (bicyclic) bond motifs is 3. The van der Waals surface area contributed by atoms with E-state index in [1.54, 1.807) is 0 Å². The zero-order valence-corrected chi connectivity index (χ0v) is 12.3. The Labute approximate surface area is 119 Å². The molecule has 0 spiro atoms. The first-order valence-electron chi connectivity index (χ1n) is 7.31. The Morgan fingerprint density at radius 1 is 1.30 bits per heavy atom. The molecule has 2 aromatic rings. The molecule has 1 heterocycles. The quantitative estimate of drug-likeness (QED) is 0.909. The molecule has 1 N–H and O–H groups in total. The molecule has 3 rings (SSSR count). The molecule has 1 aromatic carbocycles. The molecule has 1 unspecified atom stereocenters. The summed E-state index contributed by atoms with van der Waals surface area (Å²) >= 11 is 0. The molecular formula is C17H20N2O. The van der Waals surface area contributed by atoms with E-state index >= 15 is 0 Å². The van der Waals surface area contributed by atoms with E-state index in [1.165, 1.54) is 5.56 Å². The molecule has 1 atom stereocenters. The average Bonchev–Trinajstić information content (AvgIpc) is 2.46. The zero-order valence-electron chi connectivity index (χ0n) is 12.3. The summed E-state index contributed by atoms with van der Waals surface area (Å²) in [6.45, 7) is 6.33. The Bertz CT molecular complexity index is 717. The van der Waals surface area contributed by atoms with E-state index in [0.717, 1.165) is 41.9 Å². The summed E-state index contributed by atoms with van der Waals surface area (Å²) < 4.78 is 0. The average molecular weight is 268 g/mol. The van der Waals surface area contributed by atoms with Crippen LogP contribution >= 0.6 is 0 Å². The Hall–Kier alpha value is -1.90. The van der Waals surface area contributed by atoms with Crippen molar-refractivity contribution in [1.82, 2.24) is 9.97 Å². The third kappa shape index (κ3) is 1.80. The number of aryl methyl sites for hydroxylation is 1. The van der Waals surface area contributed by atoms with Gasteiger partial charge in [-0.1, -0.05) is 45.0 Å². The highest BCUT2D eigenvalue weighted by Gasteiger charge is 2.36. The lowest BCUT2D eigenvalue weighted by Gasteiger charge is -2.35. The van der Waals surface area contributed by atoms with Crippen LogP contribution in [-0.4, -0.2) is 9.97 Å². The molecule has 0 radical (unpaired) electrons. The lowest BCUT2D eigenvalue weighted by molar-refractivity contribution is 0.439. The van der Waals surface area contributed by atoms with Gasteiger partial charge in [-0.15, -0.1) is 0 Å². The maximum atomic E-state index is 12.5. The second-order valence-corrected chi connectivity index (χ2v) is 5.84. The van der Waals surface area contributed by atoms with Gasteiger partial charge in [-0.3, -0.25) is 4.79 Å². The highest BCUT2D eigenvalue weighted by molar-refractivity contribution is 5.71. The molecule has 1 aliphatic rings. The standard InChI is InChI=1S/C17H20N2O/c1-4-13-18-15-12-9-7-6-8-11(12)10-17(3,5-2)14(15)16(20)19-13/h6-9H,4-5,10H2,1-3H3,(H,18,19,20). The highest BCUT2D eigenvalue weighted by atomic mass is 16.1. The van der Waals surface area contributed by atoms with Crippen molar-refractivity contribution in [3.05, 3.63) is 51.6 Å². The molecule has 20 heavy (non-hydrogen) atoms.